The number of carbonyl (C=O) groups is 1. The Morgan fingerprint density at radius 2 is 1.76 bits per heavy atom. The van der Waals surface area contributed by atoms with Crippen molar-refractivity contribution in [1.29, 1.82) is 0 Å². The van der Waals surface area contributed by atoms with Crippen LogP contribution in [0.1, 0.15) is 16.1 Å². The van der Waals surface area contributed by atoms with Crippen LogP contribution in [0.15, 0.2) is 65.6 Å². The van der Waals surface area contributed by atoms with Gasteiger partial charge in [0.2, 0.25) is 0 Å². The summed E-state index contributed by atoms with van der Waals surface area (Å²) >= 11 is 3.36. The molecule has 1 amide bonds. The molecule has 0 saturated heterocycles. The number of aromatic nitrogens is 2. The molecule has 7 heteroatoms. The van der Waals surface area contributed by atoms with Crippen molar-refractivity contribution in [3.05, 3.63) is 82.7 Å². The van der Waals surface area contributed by atoms with Gasteiger partial charge in [-0.05, 0) is 48.0 Å². The van der Waals surface area contributed by atoms with Crippen molar-refractivity contribution in [3.8, 4) is 11.3 Å². The molecule has 3 rings (SSSR count). The summed E-state index contributed by atoms with van der Waals surface area (Å²) in [6.45, 7) is 3.88. The number of nitrogens with zero attached hydrogens (tertiary/aromatic N) is 1. The lowest BCUT2D eigenvalue weighted by molar-refractivity contribution is 0.0937. The molecule has 1 heterocycles. The van der Waals surface area contributed by atoms with Crippen LogP contribution in [-0.4, -0.2) is 16.1 Å². The fourth-order valence-electron chi connectivity index (χ4n) is 2.13. The van der Waals surface area contributed by atoms with E-state index in [9.17, 15) is 9.18 Å². The minimum Gasteiger partial charge on any atom is -0.298 e. The van der Waals surface area contributed by atoms with Gasteiger partial charge in [-0.1, -0.05) is 34.6 Å². The molecule has 1 aromatic heterocycles. The van der Waals surface area contributed by atoms with E-state index in [0.717, 1.165) is 10.0 Å². The van der Waals surface area contributed by atoms with E-state index < -0.39 is 0 Å². The third-order valence-corrected chi connectivity index (χ3v) is 4.01. The maximum atomic E-state index is 13.0. The van der Waals surface area contributed by atoms with Crippen molar-refractivity contribution in [2.75, 3.05) is 0 Å². The van der Waals surface area contributed by atoms with E-state index in [1.54, 1.807) is 18.2 Å². The van der Waals surface area contributed by atoms with Gasteiger partial charge < -0.3 is 0 Å². The molecular weight excluding hydrogens is 387 g/mol. The van der Waals surface area contributed by atoms with Gasteiger partial charge in [-0.2, -0.15) is 5.10 Å². The molecule has 0 saturated carbocycles. The van der Waals surface area contributed by atoms with E-state index in [2.05, 4.69) is 43.6 Å². The molecule has 0 aliphatic carbocycles. The molecule has 2 aromatic carbocycles. The minimum absolute atomic E-state index is 0.274. The fraction of sp³-hybridized carbons (Fsp3) is 0. The molecule has 0 aliphatic rings. The topological polar surface area (TPSA) is 69.8 Å². The van der Waals surface area contributed by atoms with Gasteiger partial charge in [0.15, 0.2) is 0 Å². The van der Waals surface area contributed by atoms with Crippen LogP contribution in [0.5, 0.6) is 0 Å². The van der Waals surface area contributed by atoms with Crippen molar-refractivity contribution < 1.29 is 9.18 Å². The zero-order valence-electron chi connectivity index (χ0n) is 13.0. The van der Waals surface area contributed by atoms with Crippen molar-refractivity contribution in [2.24, 2.45) is 0 Å². The van der Waals surface area contributed by atoms with Crippen LogP contribution in [0.3, 0.4) is 0 Å². The van der Waals surface area contributed by atoms with Crippen LogP contribution in [0.25, 0.3) is 17.0 Å². The standard InChI is InChI=1S/C18H14BrFN4O/c1-11(12-2-6-14(19)7-3-12)21-24-18(25)17-10-16(22-23-17)13-4-8-15(20)9-5-13/h2-10,21H,1H2,(H,22,23)(H,24,25). The zero-order chi connectivity index (χ0) is 17.8. The maximum Gasteiger partial charge on any atom is 0.287 e. The Morgan fingerprint density at radius 3 is 2.44 bits per heavy atom. The van der Waals surface area contributed by atoms with Crippen LogP contribution in [0.2, 0.25) is 0 Å². The number of H-pyrrole nitrogens is 1. The number of hydrogen-bond acceptors (Lipinski definition) is 3. The molecule has 0 fully saturated rings. The van der Waals surface area contributed by atoms with E-state index in [-0.39, 0.29) is 17.4 Å². The van der Waals surface area contributed by atoms with Crippen molar-refractivity contribution in [2.45, 2.75) is 0 Å². The van der Waals surface area contributed by atoms with Gasteiger partial charge in [0.25, 0.3) is 5.91 Å². The molecule has 0 unspecified atom stereocenters. The van der Waals surface area contributed by atoms with Crippen LogP contribution >= 0.6 is 15.9 Å². The van der Waals surface area contributed by atoms with Gasteiger partial charge in [0, 0.05) is 10.0 Å². The normalized spacial score (nSPS) is 10.3. The van der Waals surface area contributed by atoms with Crippen LogP contribution < -0.4 is 10.9 Å². The highest BCUT2D eigenvalue weighted by Gasteiger charge is 2.11. The molecule has 0 radical (unpaired) electrons. The van der Waals surface area contributed by atoms with E-state index in [1.165, 1.54) is 12.1 Å². The number of halogens is 2. The van der Waals surface area contributed by atoms with Gasteiger partial charge in [-0.15, -0.1) is 0 Å². The predicted octanol–water partition coefficient (Wildman–Crippen LogP) is 3.88. The molecular formula is C18H14BrFN4O. The van der Waals surface area contributed by atoms with Crippen molar-refractivity contribution in [1.82, 2.24) is 21.0 Å². The summed E-state index contributed by atoms with van der Waals surface area (Å²) in [7, 11) is 0. The van der Waals surface area contributed by atoms with Crippen LogP contribution in [0, 0.1) is 5.82 Å². The number of benzene rings is 2. The smallest absolute Gasteiger partial charge is 0.287 e. The van der Waals surface area contributed by atoms with Gasteiger partial charge in [-0.25, -0.2) is 4.39 Å². The summed E-state index contributed by atoms with van der Waals surface area (Å²) in [4.78, 5) is 12.2. The summed E-state index contributed by atoms with van der Waals surface area (Å²) in [6.07, 6.45) is 0. The second kappa shape index (κ2) is 7.31. The van der Waals surface area contributed by atoms with Gasteiger partial charge in [0.1, 0.15) is 11.5 Å². The number of carbonyl (C=O) groups excluding carboxylic acids is 1. The number of nitrogens with one attached hydrogen (secondary N) is 3. The SMILES string of the molecule is C=C(NNC(=O)c1cc(-c2ccc(F)cc2)n[nH]1)c1ccc(Br)cc1. The minimum atomic E-state index is -0.390. The first kappa shape index (κ1) is 16.9. The van der Waals surface area contributed by atoms with Crippen molar-refractivity contribution >= 4 is 27.5 Å². The highest BCUT2D eigenvalue weighted by atomic mass is 79.9. The first-order valence-corrected chi connectivity index (χ1v) is 8.15. The van der Waals surface area contributed by atoms with E-state index in [0.29, 0.717) is 17.0 Å². The molecule has 126 valence electrons. The lowest BCUT2D eigenvalue weighted by Crippen LogP contribution is -2.36. The number of rotatable bonds is 5. The Kier molecular flexibility index (Phi) is 4.95. The second-order valence-corrected chi connectivity index (χ2v) is 6.15. The molecule has 25 heavy (non-hydrogen) atoms. The molecule has 0 spiro atoms. The number of amides is 1. The molecule has 3 N–H and O–H groups in total. The lowest BCUT2D eigenvalue weighted by Gasteiger charge is -2.10. The molecule has 0 atom stereocenters. The Morgan fingerprint density at radius 1 is 1.08 bits per heavy atom. The zero-order valence-corrected chi connectivity index (χ0v) is 14.6. The van der Waals surface area contributed by atoms with E-state index in [1.807, 2.05) is 24.3 Å². The molecule has 5 nitrogen and oxygen atoms in total. The van der Waals surface area contributed by atoms with E-state index >= 15 is 0 Å². The Bertz CT molecular complexity index is 904. The molecule has 3 aromatic rings. The van der Waals surface area contributed by atoms with Gasteiger partial charge >= 0.3 is 0 Å². The van der Waals surface area contributed by atoms with Gasteiger partial charge in [-0.3, -0.25) is 20.7 Å². The first-order chi connectivity index (χ1) is 12.0. The number of aromatic amines is 1. The summed E-state index contributed by atoms with van der Waals surface area (Å²) in [6, 6.07) is 15.0. The Balaban J connectivity index is 1.63. The molecule has 0 aliphatic heterocycles. The summed E-state index contributed by atoms with van der Waals surface area (Å²) < 4.78 is 13.9. The highest BCUT2D eigenvalue weighted by Crippen LogP contribution is 2.18. The van der Waals surface area contributed by atoms with E-state index in [4.69, 9.17) is 0 Å². The third kappa shape index (κ3) is 4.13. The molecule has 0 bridgehead atoms. The van der Waals surface area contributed by atoms with Crippen LogP contribution in [0.4, 0.5) is 4.39 Å². The Hall–Kier alpha value is -2.93. The van der Waals surface area contributed by atoms with Crippen molar-refractivity contribution in [3.63, 3.8) is 0 Å². The largest absolute Gasteiger partial charge is 0.298 e. The summed E-state index contributed by atoms with van der Waals surface area (Å²) in [5, 5.41) is 6.73. The highest BCUT2D eigenvalue weighted by molar-refractivity contribution is 9.10. The second-order valence-electron chi connectivity index (χ2n) is 5.24. The fourth-order valence-corrected chi connectivity index (χ4v) is 2.39. The predicted molar refractivity (Wildman–Crippen MR) is 97.8 cm³/mol. The van der Waals surface area contributed by atoms with Crippen LogP contribution in [-0.2, 0) is 0 Å². The third-order valence-electron chi connectivity index (χ3n) is 3.48. The first-order valence-electron chi connectivity index (χ1n) is 7.35. The number of hydrazine groups is 1. The lowest BCUT2D eigenvalue weighted by atomic mass is 10.1. The number of hydrogen-bond donors (Lipinski definition) is 3. The maximum absolute atomic E-state index is 13.0. The average Bonchev–Trinajstić information content (AvgIpc) is 3.11. The van der Waals surface area contributed by atoms with Gasteiger partial charge in [0.05, 0.1) is 11.4 Å². The Labute approximate surface area is 152 Å². The quantitative estimate of drug-likeness (QED) is 0.569. The summed E-state index contributed by atoms with van der Waals surface area (Å²) in [5.41, 5.74) is 8.26. The average molecular weight is 401 g/mol. The summed E-state index contributed by atoms with van der Waals surface area (Å²) in [5.74, 6) is -0.716. The monoisotopic (exact) mass is 400 g/mol.